The smallest absolute Gasteiger partial charge is 0.221 e. The van der Waals surface area contributed by atoms with Crippen molar-refractivity contribution in [1.29, 1.82) is 0 Å². The fourth-order valence-corrected chi connectivity index (χ4v) is 4.22. The molecular weight excluding hydrogens is 386 g/mol. The number of aliphatic hydroxyl groups is 2. The summed E-state index contributed by atoms with van der Waals surface area (Å²) < 4.78 is 13.2. The highest BCUT2D eigenvalue weighted by atomic mass is 16.5. The maximum absolute atomic E-state index is 13.5. The van der Waals surface area contributed by atoms with E-state index in [9.17, 15) is 15.0 Å². The average Bonchev–Trinajstić information content (AvgIpc) is 2.73. The molecule has 1 aliphatic heterocycles. The number of hydrogen-bond acceptors (Lipinski definition) is 7. The first-order valence-corrected chi connectivity index (χ1v) is 9.60. The summed E-state index contributed by atoms with van der Waals surface area (Å²) in [7, 11) is 3.21. The van der Waals surface area contributed by atoms with Crippen molar-refractivity contribution in [1.82, 2.24) is 14.5 Å². The topological polar surface area (TPSA) is 107 Å². The minimum absolute atomic E-state index is 0.203. The Labute approximate surface area is 171 Å². The Morgan fingerprint density at radius 1 is 1.17 bits per heavy atom. The third kappa shape index (κ3) is 2.37. The van der Waals surface area contributed by atoms with Crippen molar-refractivity contribution in [3.05, 3.63) is 46.1 Å². The molecule has 0 amide bonds. The van der Waals surface area contributed by atoms with E-state index >= 15 is 0 Å². The Morgan fingerprint density at radius 2 is 1.83 bits per heavy atom. The Hall–Kier alpha value is -3.23. The fourth-order valence-electron chi connectivity index (χ4n) is 4.22. The van der Waals surface area contributed by atoms with Crippen LogP contribution in [0.1, 0.15) is 25.5 Å². The van der Waals surface area contributed by atoms with Crippen LogP contribution in [0, 0.1) is 0 Å². The molecule has 0 radical (unpaired) electrons. The van der Waals surface area contributed by atoms with Crippen molar-refractivity contribution in [2.45, 2.75) is 31.7 Å². The largest absolute Gasteiger partial charge is 0.496 e. The summed E-state index contributed by atoms with van der Waals surface area (Å²) in [6, 6.07) is 8.88. The average molecular weight is 407 g/mol. The van der Waals surface area contributed by atoms with Crippen LogP contribution < -0.4 is 14.9 Å². The van der Waals surface area contributed by atoms with Crippen molar-refractivity contribution in [2.75, 3.05) is 7.11 Å². The van der Waals surface area contributed by atoms with Crippen LogP contribution in [0.5, 0.6) is 11.5 Å². The van der Waals surface area contributed by atoms with Crippen LogP contribution in [-0.2, 0) is 7.05 Å². The van der Waals surface area contributed by atoms with Gasteiger partial charge in [0.2, 0.25) is 5.43 Å². The lowest BCUT2D eigenvalue weighted by atomic mass is 9.87. The molecule has 154 valence electrons. The highest BCUT2D eigenvalue weighted by molar-refractivity contribution is 5.99. The van der Waals surface area contributed by atoms with Crippen LogP contribution in [0.3, 0.4) is 0 Å². The van der Waals surface area contributed by atoms with Crippen molar-refractivity contribution in [2.24, 2.45) is 7.05 Å². The third-order valence-electron chi connectivity index (χ3n) is 5.81. The monoisotopic (exact) mass is 407 g/mol. The van der Waals surface area contributed by atoms with Gasteiger partial charge in [-0.3, -0.25) is 4.79 Å². The summed E-state index contributed by atoms with van der Waals surface area (Å²) in [5.41, 5.74) is 1.18. The molecule has 0 saturated carbocycles. The molecule has 2 N–H and O–H groups in total. The number of ether oxygens (including phenoxy) is 2. The number of fused-ring (bicyclic) bond motifs is 5. The SMILES string of the molecule is COc1cc2c(c3c1c(=O)c1nc4ccccc4nc1n3C)[C@@H](O)[C@@H](O)C(C)(C)O2. The summed E-state index contributed by atoms with van der Waals surface area (Å²) in [5, 5.41) is 21.9. The van der Waals surface area contributed by atoms with E-state index in [0.29, 0.717) is 39.3 Å². The maximum Gasteiger partial charge on any atom is 0.221 e. The number of rotatable bonds is 1. The number of methoxy groups -OCH3 is 1. The summed E-state index contributed by atoms with van der Waals surface area (Å²) in [6.45, 7) is 3.38. The molecule has 0 fully saturated rings. The highest BCUT2D eigenvalue weighted by Crippen LogP contribution is 2.46. The van der Waals surface area contributed by atoms with Crippen LogP contribution in [0.4, 0.5) is 0 Å². The summed E-state index contributed by atoms with van der Waals surface area (Å²) in [6.07, 6.45) is -2.44. The van der Waals surface area contributed by atoms with Gasteiger partial charge in [-0.15, -0.1) is 0 Å². The Balaban J connectivity index is 2.01. The van der Waals surface area contributed by atoms with E-state index in [1.807, 2.05) is 18.2 Å². The van der Waals surface area contributed by atoms with Gasteiger partial charge in [-0.25, -0.2) is 9.97 Å². The molecule has 0 saturated heterocycles. The van der Waals surface area contributed by atoms with Crippen molar-refractivity contribution >= 4 is 33.1 Å². The predicted octanol–water partition coefficient (Wildman–Crippen LogP) is 2.21. The van der Waals surface area contributed by atoms with Crippen molar-refractivity contribution < 1.29 is 19.7 Å². The summed E-state index contributed by atoms with van der Waals surface area (Å²) >= 11 is 0. The lowest BCUT2D eigenvalue weighted by Gasteiger charge is -2.40. The van der Waals surface area contributed by atoms with Crippen molar-refractivity contribution in [3.63, 3.8) is 0 Å². The number of pyridine rings is 1. The van der Waals surface area contributed by atoms with Gasteiger partial charge in [0.15, 0.2) is 11.2 Å². The predicted molar refractivity (Wildman–Crippen MR) is 112 cm³/mol. The molecular formula is C22H21N3O5. The number of aliphatic hydroxyl groups excluding tert-OH is 2. The number of aromatic nitrogens is 3. The minimum Gasteiger partial charge on any atom is -0.496 e. The van der Waals surface area contributed by atoms with Gasteiger partial charge in [0, 0.05) is 13.1 Å². The molecule has 8 heteroatoms. The van der Waals surface area contributed by atoms with Gasteiger partial charge in [0.25, 0.3) is 0 Å². The fraction of sp³-hybridized carbons (Fsp3) is 0.318. The van der Waals surface area contributed by atoms with Gasteiger partial charge in [-0.2, -0.15) is 0 Å². The van der Waals surface area contributed by atoms with E-state index in [1.54, 1.807) is 37.6 Å². The number of nitrogens with zero attached hydrogens (tertiary/aromatic N) is 3. The highest BCUT2D eigenvalue weighted by Gasteiger charge is 2.44. The summed E-state index contributed by atoms with van der Waals surface area (Å²) in [4.78, 5) is 22.7. The van der Waals surface area contributed by atoms with E-state index < -0.39 is 17.8 Å². The molecule has 8 nitrogen and oxygen atoms in total. The molecule has 0 bridgehead atoms. The zero-order valence-corrected chi connectivity index (χ0v) is 17.0. The first kappa shape index (κ1) is 18.8. The molecule has 30 heavy (non-hydrogen) atoms. The van der Waals surface area contributed by atoms with Gasteiger partial charge in [-0.1, -0.05) is 12.1 Å². The molecule has 1 aliphatic rings. The lowest BCUT2D eigenvalue weighted by Crippen LogP contribution is -2.49. The van der Waals surface area contributed by atoms with Crippen LogP contribution in [0.15, 0.2) is 35.1 Å². The molecule has 5 rings (SSSR count). The van der Waals surface area contributed by atoms with Crippen LogP contribution in [-0.4, -0.2) is 43.6 Å². The zero-order valence-electron chi connectivity index (χ0n) is 17.0. The number of para-hydroxylation sites is 2. The van der Waals surface area contributed by atoms with Gasteiger partial charge in [-0.05, 0) is 26.0 Å². The van der Waals surface area contributed by atoms with Gasteiger partial charge in [0.05, 0.1) is 34.6 Å². The van der Waals surface area contributed by atoms with E-state index in [2.05, 4.69) is 9.97 Å². The van der Waals surface area contributed by atoms with Crippen molar-refractivity contribution in [3.8, 4) is 11.5 Å². The van der Waals surface area contributed by atoms with Crippen LogP contribution in [0.2, 0.25) is 0 Å². The molecule has 0 aliphatic carbocycles. The molecule has 3 heterocycles. The Kier molecular flexibility index (Phi) is 3.84. The van der Waals surface area contributed by atoms with E-state index in [4.69, 9.17) is 9.47 Å². The molecule has 4 aromatic rings. The molecule has 2 aromatic carbocycles. The van der Waals surface area contributed by atoms with E-state index in [0.717, 1.165) is 0 Å². The second-order valence-electron chi connectivity index (χ2n) is 8.08. The second-order valence-corrected chi connectivity index (χ2v) is 8.08. The Morgan fingerprint density at radius 3 is 2.50 bits per heavy atom. The normalized spacial score (nSPS) is 20.3. The standard InChI is InChI=1S/C22H21N3O5/c1-22(2)20(28)19(27)15-13(30-22)9-12(29-4)14-17(15)25(3)21-16(18(14)26)23-10-7-5-6-8-11(10)24-21/h5-9,19-20,27-28H,1-4H3/t19-,20-/m1/s1. The minimum atomic E-state index is -1.26. The Bertz CT molecular complexity index is 1410. The van der Waals surface area contributed by atoms with E-state index in [1.165, 1.54) is 7.11 Å². The first-order valence-electron chi connectivity index (χ1n) is 9.60. The molecule has 0 unspecified atom stereocenters. The maximum atomic E-state index is 13.5. The number of aryl methyl sites for hydroxylation is 1. The lowest BCUT2D eigenvalue weighted by molar-refractivity contribution is -0.111. The first-order chi connectivity index (χ1) is 14.2. The quantitative estimate of drug-likeness (QED) is 0.466. The molecule has 2 aromatic heterocycles. The van der Waals surface area contributed by atoms with E-state index in [-0.39, 0.29) is 16.3 Å². The van der Waals surface area contributed by atoms with Crippen LogP contribution in [0.25, 0.3) is 33.1 Å². The zero-order chi connectivity index (χ0) is 21.4. The van der Waals surface area contributed by atoms with Gasteiger partial charge in [0.1, 0.15) is 29.3 Å². The summed E-state index contributed by atoms with van der Waals surface area (Å²) in [5.74, 6) is 0.658. The molecule has 0 spiro atoms. The number of hydrogen-bond donors (Lipinski definition) is 2. The number of benzene rings is 2. The van der Waals surface area contributed by atoms with Gasteiger partial charge < -0.3 is 24.3 Å². The van der Waals surface area contributed by atoms with Gasteiger partial charge >= 0.3 is 0 Å². The van der Waals surface area contributed by atoms with Crippen LogP contribution >= 0.6 is 0 Å². The molecule has 2 atom stereocenters. The second kappa shape index (κ2) is 6.13. The third-order valence-corrected chi connectivity index (χ3v) is 5.81.